The zero-order chi connectivity index (χ0) is 20.1. The van der Waals surface area contributed by atoms with Crippen LogP contribution in [0.3, 0.4) is 0 Å². The maximum absolute atomic E-state index is 12.9. The molecule has 0 bridgehead atoms. The molecule has 1 atom stereocenters. The number of aromatic nitrogens is 1. The van der Waals surface area contributed by atoms with Crippen LogP contribution in [0.15, 0.2) is 42.5 Å². The normalized spacial score (nSPS) is 20.8. The van der Waals surface area contributed by atoms with E-state index in [1.165, 1.54) is 6.07 Å². The third-order valence-corrected chi connectivity index (χ3v) is 5.89. The summed E-state index contributed by atoms with van der Waals surface area (Å²) >= 11 is 5.88. The molecule has 3 rings (SSSR count). The molecule has 0 unspecified atom stereocenters. The molecule has 2 aromatic rings. The predicted octanol–water partition coefficient (Wildman–Crippen LogP) is 6.16. The Morgan fingerprint density at radius 2 is 1.82 bits per heavy atom. The second-order valence-electron chi connectivity index (χ2n) is 7.39. The van der Waals surface area contributed by atoms with Crippen molar-refractivity contribution in [2.24, 2.45) is 5.92 Å². The Kier molecular flexibility index (Phi) is 7.00. The van der Waals surface area contributed by atoms with Gasteiger partial charge >= 0.3 is 0 Å². The summed E-state index contributed by atoms with van der Waals surface area (Å²) in [6.45, 7) is 2.08. The number of pyridine rings is 1. The zero-order valence-corrected chi connectivity index (χ0v) is 16.6. The van der Waals surface area contributed by atoms with Gasteiger partial charge in [-0.15, -0.1) is 0 Å². The van der Waals surface area contributed by atoms with Gasteiger partial charge in [0.15, 0.2) is 0 Å². The van der Waals surface area contributed by atoms with Crippen molar-refractivity contribution >= 4 is 17.5 Å². The lowest BCUT2D eigenvalue weighted by Crippen LogP contribution is -2.41. The largest absolute Gasteiger partial charge is 0.349 e. The number of nitrogens with one attached hydrogen (secondary N) is 1. The molecular weight excluding hydrogens is 382 g/mol. The SMILES string of the molecule is CC[C@H](NC(=O)c1ccc(Cl)cc1)[C@H]1CC[C@@H](c2cccc(C(F)F)n2)CC1. The molecule has 28 heavy (non-hydrogen) atoms. The molecule has 0 aliphatic heterocycles. The molecule has 1 saturated carbocycles. The van der Waals surface area contributed by atoms with Gasteiger partial charge in [0.1, 0.15) is 5.69 Å². The first-order valence-electron chi connectivity index (χ1n) is 9.79. The van der Waals surface area contributed by atoms with Crippen LogP contribution in [-0.2, 0) is 0 Å². The first kappa shape index (κ1) is 20.7. The van der Waals surface area contributed by atoms with Crippen molar-refractivity contribution in [2.75, 3.05) is 0 Å². The highest BCUT2D eigenvalue weighted by atomic mass is 35.5. The first-order valence-corrected chi connectivity index (χ1v) is 10.2. The van der Waals surface area contributed by atoms with Gasteiger partial charge in [0, 0.05) is 28.2 Å². The van der Waals surface area contributed by atoms with E-state index in [4.69, 9.17) is 11.6 Å². The van der Waals surface area contributed by atoms with Gasteiger partial charge in [-0.1, -0.05) is 24.6 Å². The fourth-order valence-corrected chi connectivity index (χ4v) is 4.17. The highest BCUT2D eigenvalue weighted by molar-refractivity contribution is 6.30. The number of carbonyl (C=O) groups excluding carboxylic acids is 1. The third-order valence-electron chi connectivity index (χ3n) is 5.64. The van der Waals surface area contributed by atoms with Crippen molar-refractivity contribution in [3.05, 3.63) is 64.4 Å². The molecule has 1 aromatic carbocycles. The fraction of sp³-hybridized carbons (Fsp3) is 0.455. The summed E-state index contributed by atoms with van der Waals surface area (Å²) in [7, 11) is 0. The summed E-state index contributed by atoms with van der Waals surface area (Å²) in [5, 5.41) is 3.76. The highest BCUT2D eigenvalue weighted by Gasteiger charge is 2.29. The van der Waals surface area contributed by atoms with Crippen molar-refractivity contribution in [1.82, 2.24) is 10.3 Å². The van der Waals surface area contributed by atoms with Crippen LogP contribution in [0.5, 0.6) is 0 Å². The molecule has 1 amide bonds. The van der Waals surface area contributed by atoms with Gasteiger partial charge in [-0.25, -0.2) is 8.78 Å². The molecule has 1 aromatic heterocycles. The second-order valence-corrected chi connectivity index (χ2v) is 7.83. The van der Waals surface area contributed by atoms with Gasteiger partial charge in [0.25, 0.3) is 12.3 Å². The van der Waals surface area contributed by atoms with Crippen LogP contribution in [0.2, 0.25) is 5.02 Å². The van der Waals surface area contributed by atoms with E-state index in [1.54, 1.807) is 30.3 Å². The summed E-state index contributed by atoms with van der Waals surface area (Å²) in [6, 6.07) is 11.9. The Labute approximate surface area is 169 Å². The number of rotatable bonds is 6. The average molecular weight is 407 g/mol. The smallest absolute Gasteiger partial charge is 0.280 e. The van der Waals surface area contributed by atoms with Gasteiger partial charge in [0.2, 0.25) is 0 Å². The lowest BCUT2D eigenvalue weighted by molar-refractivity contribution is 0.0909. The van der Waals surface area contributed by atoms with Crippen molar-refractivity contribution in [3.63, 3.8) is 0 Å². The number of halogens is 3. The van der Waals surface area contributed by atoms with E-state index in [0.717, 1.165) is 37.8 Å². The van der Waals surface area contributed by atoms with Gasteiger partial charge in [-0.2, -0.15) is 0 Å². The van der Waals surface area contributed by atoms with E-state index in [2.05, 4.69) is 17.2 Å². The Morgan fingerprint density at radius 1 is 1.14 bits per heavy atom. The van der Waals surface area contributed by atoms with Gasteiger partial charge in [-0.05, 0) is 74.4 Å². The zero-order valence-electron chi connectivity index (χ0n) is 15.9. The van der Waals surface area contributed by atoms with Crippen molar-refractivity contribution in [2.45, 2.75) is 57.4 Å². The van der Waals surface area contributed by atoms with Crippen LogP contribution in [0, 0.1) is 5.92 Å². The van der Waals surface area contributed by atoms with E-state index in [1.807, 2.05) is 6.07 Å². The molecular formula is C22H25ClF2N2O. The van der Waals surface area contributed by atoms with Gasteiger partial charge < -0.3 is 5.32 Å². The summed E-state index contributed by atoms with van der Waals surface area (Å²) in [5.41, 5.74) is 1.21. The van der Waals surface area contributed by atoms with E-state index in [9.17, 15) is 13.6 Å². The quantitative estimate of drug-likeness (QED) is 0.624. The fourth-order valence-electron chi connectivity index (χ4n) is 4.04. The van der Waals surface area contributed by atoms with Crippen molar-refractivity contribution in [3.8, 4) is 0 Å². The molecule has 1 aliphatic carbocycles. The summed E-state index contributed by atoms with van der Waals surface area (Å²) < 4.78 is 25.8. The number of hydrogen-bond donors (Lipinski definition) is 1. The lowest BCUT2D eigenvalue weighted by atomic mass is 9.76. The molecule has 0 spiro atoms. The summed E-state index contributed by atoms with van der Waals surface area (Å²) in [6.07, 6.45) is 2.02. The van der Waals surface area contributed by atoms with Crippen LogP contribution in [-0.4, -0.2) is 16.9 Å². The number of hydrogen-bond acceptors (Lipinski definition) is 2. The monoisotopic (exact) mass is 406 g/mol. The minimum Gasteiger partial charge on any atom is -0.349 e. The molecule has 1 aliphatic rings. The van der Waals surface area contributed by atoms with Crippen LogP contribution in [0.1, 0.15) is 73.1 Å². The number of benzene rings is 1. The van der Waals surface area contributed by atoms with Gasteiger partial charge in [-0.3, -0.25) is 9.78 Å². The molecule has 0 radical (unpaired) electrons. The number of nitrogens with zero attached hydrogens (tertiary/aromatic N) is 1. The Hall–Kier alpha value is -2.01. The number of carbonyl (C=O) groups is 1. The third kappa shape index (κ3) is 5.07. The van der Waals surface area contributed by atoms with E-state index < -0.39 is 6.43 Å². The van der Waals surface area contributed by atoms with Gasteiger partial charge in [0.05, 0.1) is 0 Å². The minimum absolute atomic E-state index is 0.0862. The van der Waals surface area contributed by atoms with Crippen LogP contribution >= 0.6 is 11.6 Å². The molecule has 150 valence electrons. The maximum atomic E-state index is 12.9. The predicted molar refractivity (Wildman–Crippen MR) is 107 cm³/mol. The Morgan fingerprint density at radius 3 is 2.43 bits per heavy atom. The van der Waals surface area contributed by atoms with Crippen molar-refractivity contribution in [1.29, 1.82) is 0 Å². The number of alkyl halides is 2. The maximum Gasteiger partial charge on any atom is 0.280 e. The molecule has 1 N–H and O–H groups in total. The first-order chi connectivity index (χ1) is 13.5. The molecule has 1 fully saturated rings. The average Bonchev–Trinajstić information content (AvgIpc) is 2.72. The molecule has 1 heterocycles. The van der Waals surface area contributed by atoms with E-state index in [0.29, 0.717) is 16.5 Å². The lowest BCUT2D eigenvalue weighted by Gasteiger charge is -2.34. The van der Waals surface area contributed by atoms with Crippen LogP contribution in [0.25, 0.3) is 0 Å². The Bertz CT molecular complexity index is 789. The summed E-state index contributed by atoms with van der Waals surface area (Å²) in [5.74, 6) is 0.507. The topological polar surface area (TPSA) is 42.0 Å². The second kappa shape index (κ2) is 9.46. The minimum atomic E-state index is -2.54. The highest BCUT2D eigenvalue weighted by Crippen LogP contribution is 2.37. The summed E-state index contributed by atoms with van der Waals surface area (Å²) in [4.78, 5) is 16.7. The van der Waals surface area contributed by atoms with Crippen molar-refractivity contribution < 1.29 is 13.6 Å². The Balaban J connectivity index is 1.58. The standard InChI is InChI=1S/C22H25ClF2N2O/c1-2-18(27-22(28)16-10-12-17(23)13-11-16)14-6-8-15(9-7-14)19-4-3-5-20(26-19)21(24)25/h3-5,10-15,18,21H,2,6-9H2,1H3,(H,27,28)/t14-,15+,18-/m0/s1. The van der Waals surface area contributed by atoms with E-state index >= 15 is 0 Å². The molecule has 0 saturated heterocycles. The van der Waals surface area contributed by atoms with Crippen LogP contribution in [0.4, 0.5) is 8.78 Å². The molecule has 3 nitrogen and oxygen atoms in total. The van der Waals surface area contributed by atoms with E-state index in [-0.39, 0.29) is 23.6 Å². The van der Waals surface area contributed by atoms with Crippen LogP contribution < -0.4 is 5.32 Å². The number of amides is 1. The molecule has 6 heteroatoms.